The summed E-state index contributed by atoms with van der Waals surface area (Å²) in [7, 11) is 0. The molecule has 1 N–H and O–H groups in total. The highest BCUT2D eigenvalue weighted by atomic mass is 16.3. The lowest BCUT2D eigenvalue weighted by atomic mass is 9.84. The molecule has 2 unspecified atom stereocenters. The second-order valence-corrected chi connectivity index (χ2v) is 6.93. The molecule has 1 aliphatic heterocycles. The van der Waals surface area contributed by atoms with Gasteiger partial charge in [-0.1, -0.05) is 19.3 Å². The predicted octanol–water partition coefficient (Wildman–Crippen LogP) is 2.52. The summed E-state index contributed by atoms with van der Waals surface area (Å²) in [5.41, 5.74) is -0.470. The highest BCUT2D eigenvalue weighted by Gasteiger charge is 2.41. The molecule has 0 aromatic rings. The lowest BCUT2D eigenvalue weighted by Crippen LogP contribution is -2.48. The Kier molecular flexibility index (Phi) is 3.95. The fraction of sp³-hybridized carbons (Fsp3) is 0.938. The van der Waals surface area contributed by atoms with Gasteiger partial charge in [-0.05, 0) is 45.1 Å². The van der Waals surface area contributed by atoms with Crippen LogP contribution < -0.4 is 0 Å². The van der Waals surface area contributed by atoms with Crippen molar-refractivity contribution < 1.29 is 9.90 Å². The van der Waals surface area contributed by atoms with E-state index in [9.17, 15) is 9.90 Å². The number of nitrogens with zero attached hydrogens (tertiary/aromatic N) is 1. The minimum absolute atomic E-state index is 0.273. The molecule has 2 saturated carbocycles. The average molecular weight is 265 g/mol. The van der Waals surface area contributed by atoms with Crippen molar-refractivity contribution in [2.24, 2.45) is 5.92 Å². The number of hydrogen-bond acceptors (Lipinski definition) is 3. The number of likely N-dealkylation sites (tertiary alicyclic amines) is 1. The Morgan fingerprint density at radius 1 is 1.11 bits per heavy atom. The first-order chi connectivity index (χ1) is 9.18. The number of carbonyl (C=O) groups is 1. The standard InChI is InChI=1S/C16H27NO2/c18-15-8-4-6-13(15)14-7-5-11-17(14)12-16(19)9-2-1-3-10-16/h13-14,19H,1-12H2. The summed E-state index contributed by atoms with van der Waals surface area (Å²) in [6, 6.07) is 0.431. The second kappa shape index (κ2) is 5.53. The number of aliphatic hydroxyl groups is 1. The Balaban J connectivity index is 1.64. The van der Waals surface area contributed by atoms with Gasteiger partial charge in [0.1, 0.15) is 5.78 Å². The number of Topliss-reactive ketones (excluding diaryl/α,β-unsaturated/α-hetero) is 1. The number of β-amino-alcohol motifs (C(OH)–C–C–N with tert-alkyl or cyclic N) is 1. The van der Waals surface area contributed by atoms with Crippen LogP contribution in [-0.2, 0) is 4.79 Å². The number of ketones is 1. The van der Waals surface area contributed by atoms with E-state index in [1.807, 2.05) is 0 Å². The quantitative estimate of drug-likeness (QED) is 0.852. The molecule has 3 heteroatoms. The van der Waals surface area contributed by atoms with Gasteiger partial charge in [0.15, 0.2) is 0 Å². The first kappa shape index (κ1) is 13.6. The van der Waals surface area contributed by atoms with Crippen molar-refractivity contribution in [3.05, 3.63) is 0 Å². The second-order valence-electron chi connectivity index (χ2n) is 6.93. The molecule has 0 spiro atoms. The van der Waals surface area contributed by atoms with Crippen LogP contribution in [0.25, 0.3) is 0 Å². The molecule has 0 aromatic carbocycles. The molecule has 2 aliphatic carbocycles. The maximum Gasteiger partial charge on any atom is 0.137 e. The molecule has 3 fully saturated rings. The van der Waals surface area contributed by atoms with E-state index in [1.165, 1.54) is 12.8 Å². The van der Waals surface area contributed by atoms with Crippen molar-refractivity contribution in [1.29, 1.82) is 0 Å². The van der Waals surface area contributed by atoms with E-state index >= 15 is 0 Å². The Hall–Kier alpha value is -0.410. The average Bonchev–Trinajstić information content (AvgIpc) is 2.98. The highest BCUT2D eigenvalue weighted by Crippen LogP contribution is 2.36. The summed E-state index contributed by atoms with van der Waals surface area (Å²) in [6.45, 7) is 1.89. The van der Waals surface area contributed by atoms with Crippen molar-refractivity contribution in [2.45, 2.75) is 75.9 Å². The smallest absolute Gasteiger partial charge is 0.137 e. The van der Waals surface area contributed by atoms with Gasteiger partial charge in [0.2, 0.25) is 0 Å². The van der Waals surface area contributed by atoms with Crippen LogP contribution in [0.4, 0.5) is 0 Å². The third kappa shape index (κ3) is 2.87. The fourth-order valence-electron chi connectivity index (χ4n) is 4.50. The zero-order valence-electron chi connectivity index (χ0n) is 11.9. The van der Waals surface area contributed by atoms with Crippen LogP contribution in [0.2, 0.25) is 0 Å². The van der Waals surface area contributed by atoms with Crippen LogP contribution in [0.1, 0.15) is 64.2 Å². The molecule has 1 heterocycles. The van der Waals surface area contributed by atoms with E-state index in [0.717, 1.165) is 64.5 Å². The van der Waals surface area contributed by atoms with E-state index in [-0.39, 0.29) is 5.92 Å². The van der Waals surface area contributed by atoms with Crippen LogP contribution >= 0.6 is 0 Å². The van der Waals surface area contributed by atoms with Crippen molar-refractivity contribution in [3.8, 4) is 0 Å². The van der Waals surface area contributed by atoms with E-state index in [0.29, 0.717) is 11.8 Å². The molecule has 3 aliphatic rings. The maximum absolute atomic E-state index is 12.0. The lowest BCUT2D eigenvalue weighted by molar-refractivity contribution is -0.123. The predicted molar refractivity (Wildman–Crippen MR) is 75.0 cm³/mol. The van der Waals surface area contributed by atoms with Crippen LogP contribution in [0.3, 0.4) is 0 Å². The number of carbonyl (C=O) groups excluding carboxylic acids is 1. The van der Waals surface area contributed by atoms with Crippen LogP contribution in [-0.4, -0.2) is 40.5 Å². The molecular formula is C16H27NO2. The summed E-state index contributed by atoms with van der Waals surface area (Å²) in [6.07, 6.45) is 10.8. The molecule has 3 nitrogen and oxygen atoms in total. The monoisotopic (exact) mass is 265 g/mol. The summed E-state index contributed by atoms with van der Waals surface area (Å²) in [5.74, 6) is 0.752. The summed E-state index contributed by atoms with van der Waals surface area (Å²) < 4.78 is 0. The Morgan fingerprint density at radius 2 is 1.89 bits per heavy atom. The zero-order valence-corrected chi connectivity index (χ0v) is 11.9. The van der Waals surface area contributed by atoms with Gasteiger partial charge >= 0.3 is 0 Å². The van der Waals surface area contributed by atoms with E-state index < -0.39 is 5.60 Å². The molecule has 0 radical (unpaired) electrons. The summed E-state index contributed by atoms with van der Waals surface area (Å²) >= 11 is 0. The van der Waals surface area contributed by atoms with Gasteiger partial charge in [0, 0.05) is 24.9 Å². The number of hydrogen-bond donors (Lipinski definition) is 1. The maximum atomic E-state index is 12.0. The zero-order chi connectivity index (χ0) is 13.3. The van der Waals surface area contributed by atoms with Crippen LogP contribution in [0, 0.1) is 5.92 Å². The lowest BCUT2D eigenvalue weighted by Gasteiger charge is -2.39. The largest absolute Gasteiger partial charge is 0.389 e. The van der Waals surface area contributed by atoms with Crippen molar-refractivity contribution >= 4 is 5.78 Å². The van der Waals surface area contributed by atoms with Gasteiger partial charge < -0.3 is 5.11 Å². The highest BCUT2D eigenvalue weighted by molar-refractivity contribution is 5.83. The minimum atomic E-state index is -0.470. The Labute approximate surface area is 116 Å². The van der Waals surface area contributed by atoms with Crippen molar-refractivity contribution in [1.82, 2.24) is 4.90 Å². The number of rotatable bonds is 3. The summed E-state index contributed by atoms with van der Waals surface area (Å²) in [5, 5.41) is 10.7. The third-order valence-electron chi connectivity index (χ3n) is 5.51. The van der Waals surface area contributed by atoms with Gasteiger partial charge in [-0.2, -0.15) is 0 Å². The van der Waals surface area contributed by atoms with E-state index in [4.69, 9.17) is 0 Å². The molecule has 2 atom stereocenters. The Bertz CT molecular complexity index is 336. The van der Waals surface area contributed by atoms with Crippen LogP contribution in [0.5, 0.6) is 0 Å². The van der Waals surface area contributed by atoms with E-state index in [1.54, 1.807) is 0 Å². The molecule has 3 rings (SSSR count). The van der Waals surface area contributed by atoms with Crippen molar-refractivity contribution in [3.63, 3.8) is 0 Å². The fourth-order valence-corrected chi connectivity index (χ4v) is 4.50. The summed E-state index contributed by atoms with van der Waals surface area (Å²) in [4.78, 5) is 14.4. The van der Waals surface area contributed by atoms with Crippen LogP contribution in [0.15, 0.2) is 0 Å². The normalized spacial score (nSPS) is 35.9. The molecule has 108 valence electrons. The van der Waals surface area contributed by atoms with Gasteiger partial charge in [0.05, 0.1) is 5.60 Å². The third-order valence-corrected chi connectivity index (χ3v) is 5.51. The molecular weight excluding hydrogens is 238 g/mol. The van der Waals surface area contributed by atoms with Gasteiger partial charge in [-0.15, -0.1) is 0 Å². The SMILES string of the molecule is O=C1CCCC1C1CCCN1CC1(O)CCCCC1. The topological polar surface area (TPSA) is 40.5 Å². The molecule has 19 heavy (non-hydrogen) atoms. The minimum Gasteiger partial charge on any atom is -0.389 e. The van der Waals surface area contributed by atoms with Gasteiger partial charge in [0.25, 0.3) is 0 Å². The molecule has 1 saturated heterocycles. The van der Waals surface area contributed by atoms with E-state index in [2.05, 4.69) is 4.90 Å². The first-order valence-electron chi connectivity index (χ1n) is 8.17. The van der Waals surface area contributed by atoms with Gasteiger partial charge in [-0.3, -0.25) is 9.69 Å². The van der Waals surface area contributed by atoms with Crippen molar-refractivity contribution in [2.75, 3.05) is 13.1 Å². The Morgan fingerprint density at radius 3 is 2.58 bits per heavy atom. The molecule has 0 amide bonds. The molecule has 0 aromatic heterocycles. The first-order valence-corrected chi connectivity index (χ1v) is 8.17. The molecule has 0 bridgehead atoms. The van der Waals surface area contributed by atoms with Gasteiger partial charge in [-0.25, -0.2) is 0 Å².